The normalized spacial score (nSPS) is 20.9. The minimum atomic E-state index is -0.564. The Hall–Kier alpha value is -3.98. The van der Waals surface area contributed by atoms with Gasteiger partial charge in [-0.2, -0.15) is 9.61 Å². The van der Waals surface area contributed by atoms with E-state index in [1.807, 2.05) is 61.0 Å². The summed E-state index contributed by atoms with van der Waals surface area (Å²) >= 11 is 0. The van der Waals surface area contributed by atoms with Gasteiger partial charge in [-0.15, -0.1) is 0 Å². The van der Waals surface area contributed by atoms with Gasteiger partial charge in [0.15, 0.2) is 5.65 Å². The molecule has 0 atom stereocenters. The summed E-state index contributed by atoms with van der Waals surface area (Å²) in [4.78, 5) is 21.7. The Kier molecular flexibility index (Phi) is 5.79. The average Bonchev–Trinajstić information content (AvgIpc) is 3.57. The van der Waals surface area contributed by atoms with Crippen LogP contribution >= 0.6 is 0 Å². The Balaban J connectivity index is 1.33. The summed E-state index contributed by atoms with van der Waals surface area (Å²) in [5.41, 5.74) is 4.40. The molecular formula is C28H31N7O2. The molecule has 4 aromatic rings. The minimum absolute atomic E-state index is 0.0195. The molecule has 9 heteroatoms. The second-order valence-corrected chi connectivity index (χ2v) is 10.6. The molecule has 3 aromatic heterocycles. The van der Waals surface area contributed by atoms with Crippen molar-refractivity contribution >= 4 is 28.9 Å². The van der Waals surface area contributed by atoms with Crippen LogP contribution < -0.4 is 16.0 Å². The number of hydrogen-bond donors (Lipinski definition) is 4. The number of hydrogen-bond acceptors (Lipinski definition) is 7. The quantitative estimate of drug-likeness (QED) is 0.287. The van der Waals surface area contributed by atoms with Crippen LogP contribution in [0.5, 0.6) is 0 Å². The van der Waals surface area contributed by atoms with E-state index in [4.69, 9.17) is 4.98 Å². The highest BCUT2D eigenvalue weighted by atomic mass is 16.3. The number of carbonyl (C=O) groups excluding carboxylic acids is 1. The maximum atomic E-state index is 12.6. The summed E-state index contributed by atoms with van der Waals surface area (Å²) in [6.07, 6.45) is 8.97. The van der Waals surface area contributed by atoms with Crippen molar-refractivity contribution in [3.63, 3.8) is 0 Å². The number of pyridine rings is 1. The highest BCUT2D eigenvalue weighted by Gasteiger charge is 2.38. The van der Waals surface area contributed by atoms with Gasteiger partial charge in [0.05, 0.1) is 23.7 Å². The van der Waals surface area contributed by atoms with Crippen molar-refractivity contribution < 1.29 is 9.90 Å². The number of anilines is 3. The maximum absolute atomic E-state index is 12.6. The lowest BCUT2D eigenvalue weighted by Gasteiger charge is -2.41. The van der Waals surface area contributed by atoms with Crippen molar-refractivity contribution in [2.24, 2.45) is 5.92 Å². The van der Waals surface area contributed by atoms with Crippen molar-refractivity contribution in [1.82, 2.24) is 24.9 Å². The van der Waals surface area contributed by atoms with Crippen LogP contribution in [0.3, 0.4) is 0 Å². The van der Waals surface area contributed by atoms with Crippen molar-refractivity contribution in [3.8, 4) is 11.1 Å². The molecule has 2 fully saturated rings. The fraction of sp³-hybridized carbons (Fsp3) is 0.357. The lowest BCUT2D eigenvalue weighted by Crippen LogP contribution is -2.43. The smallest absolute Gasteiger partial charge is 0.251 e. The molecule has 3 heterocycles. The number of nitrogens with zero attached hydrogens (tertiary/aromatic N) is 4. The van der Waals surface area contributed by atoms with Gasteiger partial charge in [0.25, 0.3) is 5.91 Å². The Labute approximate surface area is 215 Å². The molecule has 6 rings (SSSR count). The van der Waals surface area contributed by atoms with Crippen LogP contribution in [0.1, 0.15) is 48.5 Å². The van der Waals surface area contributed by atoms with E-state index >= 15 is 0 Å². The van der Waals surface area contributed by atoms with Crippen LogP contribution in [0.4, 0.5) is 17.3 Å². The molecule has 1 amide bonds. The van der Waals surface area contributed by atoms with Crippen molar-refractivity contribution in [3.05, 3.63) is 66.1 Å². The molecule has 1 aromatic carbocycles. The van der Waals surface area contributed by atoms with Crippen molar-refractivity contribution in [2.45, 2.75) is 51.2 Å². The van der Waals surface area contributed by atoms with Crippen LogP contribution in [-0.2, 0) is 0 Å². The SMILES string of the molecule is Cc1cc(-c2cnn3c(NC[C@H]4C[C@@](C)(O)C4)cc(Nc4cccnc4)nc23)ccc1C(=O)NC1CC1. The number of nitrogens with one attached hydrogen (secondary N) is 3. The van der Waals surface area contributed by atoms with Crippen LogP contribution in [0.2, 0.25) is 0 Å². The van der Waals surface area contributed by atoms with E-state index in [1.165, 1.54) is 0 Å². The number of rotatable bonds is 8. The molecule has 2 aliphatic rings. The lowest BCUT2D eigenvalue weighted by molar-refractivity contribution is -0.0524. The Morgan fingerprint density at radius 2 is 2.03 bits per heavy atom. The van der Waals surface area contributed by atoms with Gasteiger partial charge in [0.2, 0.25) is 0 Å². The average molecular weight is 498 g/mol. The Bertz CT molecular complexity index is 1450. The molecule has 0 aliphatic heterocycles. The molecule has 2 aliphatic carbocycles. The Morgan fingerprint density at radius 3 is 2.73 bits per heavy atom. The molecule has 9 nitrogen and oxygen atoms in total. The van der Waals surface area contributed by atoms with Crippen molar-refractivity contribution in [1.29, 1.82) is 0 Å². The van der Waals surface area contributed by atoms with Crippen LogP contribution in [0, 0.1) is 12.8 Å². The van der Waals surface area contributed by atoms with Gasteiger partial charge in [-0.1, -0.05) is 12.1 Å². The number of aliphatic hydroxyl groups is 1. The second kappa shape index (κ2) is 9.15. The minimum Gasteiger partial charge on any atom is -0.390 e. The molecule has 190 valence electrons. The predicted molar refractivity (Wildman–Crippen MR) is 143 cm³/mol. The molecule has 0 bridgehead atoms. The predicted octanol–water partition coefficient (Wildman–Crippen LogP) is 4.31. The maximum Gasteiger partial charge on any atom is 0.251 e. The molecule has 0 saturated heterocycles. The van der Waals surface area contributed by atoms with Crippen molar-refractivity contribution in [2.75, 3.05) is 17.2 Å². The summed E-state index contributed by atoms with van der Waals surface area (Å²) < 4.78 is 1.81. The fourth-order valence-corrected chi connectivity index (χ4v) is 5.10. The number of benzene rings is 1. The zero-order valence-electron chi connectivity index (χ0n) is 21.0. The third-order valence-electron chi connectivity index (χ3n) is 7.13. The first-order chi connectivity index (χ1) is 17.8. The number of fused-ring (bicyclic) bond motifs is 1. The van der Waals surface area contributed by atoms with Crippen LogP contribution in [-0.4, -0.2) is 48.8 Å². The third-order valence-corrected chi connectivity index (χ3v) is 7.13. The molecule has 4 N–H and O–H groups in total. The van der Waals surface area contributed by atoms with Gasteiger partial charge in [-0.05, 0) is 74.8 Å². The van der Waals surface area contributed by atoms with E-state index in [0.717, 1.165) is 60.4 Å². The first-order valence-electron chi connectivity index (χ1n) is 12.8. The summed E-state index contributed by atoms with van der Waals surface area (Å²) in [5.74, 6) is 1.86. The number of aromatic nitrogens is 4. The molecule has 37 heavy (non-hydrogen) atoms. The topological polar surface area (TPSA) is 116 Å². The highest BCUT2D eigenvalue weighted by molar-refractivity contribution is 5.97. The fourth-order valence-electron chi connectivity index (χ4n) is 5.10. The van der Waals surface area contributed by atoms with E-state index < -0.39 is 5.60 Å². The standard InChI is InChI=1S/C28H31N7O2/c1-17-10-19(5-8-22(17)27(36)33-20-6-7-20)23-16-31-35-25(30-14-18-12-28(2,37)13-18)11-24(34-26(23)35)32-21-4-3-9-29-15-21/h3-5,8-11,15-16,18,20,30,37H,6-7,12-14H2,1-2H3,(H,32,34)(H,33,36)/t18-,28+. The van der Waals surface area contributed by atoms with Gasteiger partial charge in [0, 0.05) is 36.0 Å². The van der Waals surface area contributed by atoms with Crippen LogP contribution in [0.15, 0.2) is 55.0 Å². The number of amides is 1. The molecule has 0 unspecified atom stereocenters. The van der Waals surface area contributed by atoms with E-state index in [2.05, 4.69) is 26.0 Å². The summed E-state index contributed by atoms with van der Waals surface area (Å²) in [6.45, 7) is 4.58. The third kappa shape index (κ3) is 4.99. The van der Waals surface area contributed by atoms with Gasteiger partial charge in [-0.25, -0.2) is 4.98 Å². The summed E-state index contributed by atoms with van der Waals surface area (Å²) in [5, 5.41) is 24.7. The van der Waals surface area contributed by atoms with Gasteiger partial charge in [-0.3, -0.25) is 9.78 Å². The first-order valence-corrected chi connectivity index (χ1v) is 12.8. The zero-order valence-corrected chi connectivity index (χ0v) is 21.0. The zero-order chi connectivity index (χ0) is 25.6. The van der Waals surface area contributed by atoms with E-state index in [-0.39, 0.29) is 5.91 Å². The van der Waals surface area contributed by atoms with Gasteiger partial charge < -0.3 is 21.1 Å². The number of aryl methyl sites for hydroxylation is 1. The van der Waals surface area contributed by atoms with Crippen LogP contribution in [0.25, 0.3) is 16.8 Å². The van der Waals surface area contributed by atoms with E-state index in [0.29, 0.717) is 29.0 Å². The second-order valence-electron chi connectivity index (χ2n) is 10.6. The molecule has 0 radical (unpaired) electrons. The van der Waals surface area contributed by atoms with Gasteiger partial charge in [0.1, 0.15) is 11.6 Å². The van der Waals surface area contributed by atoms with E-state index in [9.17, 15) is 9.90 Å². The largest absolute Gasteiger partial charge is 0.390 e. The Morgan fingerprint density at radius 1 is 1.19 bits per heavy atom. The summed E-state index contributed by atoms with van der Waals surface area (Å²) in [7, 11) is 0. The molecular weight excluding hydrogens is 466 g/mol. The number of carbonyl (C=O) groups is 1. The lowest BCUT2D eigenvalue weighted by atomic mass is 9.72. The van der Waals surface area contributed by atoms with E-state index in [1.54, 1.807) is 12.4 Å². The first kappa shape index (κ1) is 23.4. The summed E-state index contributed by atoms with van der Waals surface area (Å²) in [6, 6.07) is 11.9. The molecule has 0 spiro atoms. The monoisotopic (exact) mass is 497 g/mol. The van der Waals surface area contributed by atoms with Gasteiger partial charge >= 0.3 is 0 Å². The highest BCUT2D eigenvalue weighted by Crippen LogP contribution is 2.37. The molecule has 2 saturated carbocycles.